The summed E-state index contributed by atoms with van der Waals surface area (Å²) >= 11 is 0. The first-order valence-electron chi connectivity index (χ1n) is 26.9. The summed E-state index contributed by atoms with van der Waals surface area (Å²) in [7, 11) is 2.65. The minimum absolute atomic E-state index is 0.0447. The highest BCUT2D eigenvalue weighted by molar-refractivity contribution is 6.11. The topological polar surface area (TPSA) is 353 Å². The van der Waals surface area contributed by atoms with Gasteiger partial charge in [0.25, 0.3) is 0 Å². The van der Waals surface area contributed by atoms with Crippen LogP contribution in [0.1, 0.15) is 103 Å². The number of Topliss-reactive ketones (excluding diaryl/α,β-unsaturated/α-hetero) is 2. The Balaban J connectivity index is 1.02. The van der Waals surface area contributed by atoms with Crippen molar-refractivity contribution in [2.45, 2.75) is 235 Å². The highest BCUT2D eigenvalue weighted by Gasteiger charge is 2.52. The van der Waals surface area contributed by atoms with E-state index in [-0.39, 0.29) is 72.1 Å². The van der Waals surface area contributed by atoms with Crippen LogP contribution in [-0.4, -0.2) is 219 Å². The Morgan fingerprint density at radius 1 is 0.734 bits per heavy atom. The zero-order valence-corrected chi connectivity index (χ0v) is 45.9. The van der Waals surface area contributed by atoms with Crippen LogP contribution in [0.2, 0.25) is 0 Å². The van der Waals surface area contributed by atoms with Crippen molar-refractivity contribution in [1.82, 2.24) is 0 Å². The number of carbonyl (C=O) groups excluding carboxylic acids is 3. The third-order valence-electron chi connectivity index (χ3n) is 16.0. The normalized spacial score (nSPS) is 41.2. The molecule has 0 bridgehead atoms. The Bertz CT molecular complexity index is 2440. The molecule has 1 aliphatic carbocycles. The number of esters is 1. The number of ether oxygens (including phenoxy) is 13. The maximum Gasteiger partial charge on any atom is 0.305 e. The van der Waals surface area contributed by atoms with Gasteiger partial charge in [-0.15, -0.1) is 0 Å². The lowest BCUT2D eigenvalue weighted by Gasteiger charge is -2.46. The average Bonchev–Trinajstić information content (AvgIpc) is 3.57. The van der Waals surface area contributed by atoms with Gasteiger partial charge in [0.1, 0.15) is 66.1 Å². The van der Waals surface area contributed by atoms with Gasteiger partial charge in [0.05, 0.1) is 65.4 Å². The number of aromatic hydroxyl groups is 2. The first kappa shape index (κ1) is 61.3. The van der Waals surface area contributed by atoms with Gasteiger partial charge >= 0.3 is 5.97 Å². The first-order valence-corrected chi connectivity index (χ1v) is 26.9. The fourth-order valence-corrected chi connectivity index (χ4v) is 11.8. The molecule has 6 aliphatic rings. The van der Waals surface area contributed by atoms with Crippen molar-refractivity contribution in [3.8, 4) is 17.2 Å². The van der Waals surface area contributed by atoms with Crippen LogP contribution in [0, 0.1) is 11.8 Å². The first-order chi connectivity index (χ1) is 37.2. The summed E-state index contributed by atoms with van der Waals surface area (Å²) in [4.78, 5) is 41.2. The van der Waals surface area contributed by atoms with E-state index in [9.17, 15) is 55.5 Å². The van der Waals surface area contributed by atoms with Gasteiger partial charge in [0.15, 0.2) is 36.7 Å². The lowest BCUT2D eigenvalue weighted by atomic mass is 9.75. The van der Waals surface area contributed by atoms with Crippen LogP contribution in [0.5, 0.6) is 17.2 Å². The van der Waals surface area contributed by atoms with Crippen LogP contribution in [0.4, 0.5) is 0 Å². The molecule has 25 atom stereocenters. The minimum atomic E-state index is -1.95. The number of fused-ring (bicyclic) bond motifs is 2. The van der Waals surface area contributed by atoms with E-state index in [0.29, 0.717) is 0 Å². The molecule has 9 N–H and O–H groups in total. The summed E-state index contributed by atoms with van der Waals surface area (Å²) in [6.45, 7) is 12.1. The second kappa shape index (κ2) is 25.0. The maximum atomic E-state index is 15.0. The third kappa shape index (κ3) is 13.2. The molecule has 5 aliphatic heterocycles. The molecule has 444 valence electrons. The van der Waals surface area contributed by atoms with Gasteiger partial charge in [-0.1, -0.05) is 6.92 Å². The number of benzene rings is 2. The summed E-state index contributed by atoms with van der Waals surface area (Å²) in [5.74, 6) is -5.26. The summed E-state index contributed by atoms with van der Waals surface area (Å²) in [5, 5.41) is 99.2. The zero-order valence-electron chi connectivity index (χ0n) is 45.9. The number of phenols is 2. The predicted octanol–water partition coefficient (Wildman–Crippen LogP) is 0.872. The fourth-order valence-electron chi connectivity index (χ4n) is 11.8. The molecule has 5 heterocycles. The Labute approximate surface area is 456 Å². The Hall–Kier alpha value is -3.81. The standard InChI is InChI=1S/C54H78O25/c1-20-11-35(79-53(73-26(7)56)48(20)77-36-16-32(58)49(67-9)24(5)71-36)74-29-13-27-12-28-14-30(50(68-10)47(64)42(59)21(2)55)51(46(63)41(28)45(62)40(27)31(57)15-29)78-38-18-33(43(60)23(4)70-38)75-37-17-34(44(61)22(3)69-37)76-39-19-54(8,66)52(65)25(6)72-39/h12-13,15,20-25,30,32-39,42-44,48-53,55,57-62,65-66H,11,14,16-19H2,1-10H3. The van der Waals surface area contributed by atoms with Gasteiger partial charge in [-0.25, -0.2) is 0 Å². The highest BCUT2D eigenvalue weighted by atomic mass is 16.8. The van der Waals surface area contributed by atoms with E-state index in [1.807, 2.05) is 6.92 Å². The average molecular weight is 1130 g/mol. The quantitative estimate of drug-likeness (QED) is 0.0993. The molecule has 2 aromatic carbocycles. The van der Waals surface area contributed by atoms with Crippen molar-refractivity contribution in [3.63, 3.8) is 0 Å². The summed E-state index contributed by atoms with van der Waals surface area (Å²) in [6, 6.07) is 4.19. The van der Waals surface area contributed by atoms with Crippen molar-refractivity contribution in [3.05, 3.63) is 29.3 Å². The van der Waals surface area contributed by atoms with Gasteiger partial charge in [0.2, 0.25) is 12.6 Å². The van der Waals surface area contributed by atoms with Gasteiger partial charge in [0, 0.05) is 65.2 Å². The molecule has 0 aromatic heterocycles. The lowest BCUT2D eigenvalue weighted by molar-refractivity contribution is -0.334. The molecule has 0 amide bonds. The number of ketones is 2. The zero-order chi connectivity index (χ0) is 57.7. The molecule has 79 heavy (non-hydrogen) atoms. The van der Waals surface area contributed by atoms with E-state index >= 15 is 4.79 Å². The van der Waals surface area contributed by atoms with Crippen molar-refractivity contribution in [2.75, 3.05) is 14.2 Å². The van der Waals surface area contributed by atoms with Crippen molar-refractivity contribution in [1.29, 1.82) is 0 Å². The van der Waals surface area contributed by atoms with Crippen molar-refractivity contribution in [2.24, 2.45) is 11.8 Å². The van der Waals surface area contributed by atoms with E-state index in [1.165, 1.54) is 60.1 Å². The van der Waals surface area contributed by atoms with Gasteiger partial charge in [-0.2, -0.15) is 0 Å². The molecule has 0 radical (unpaired) electrons. The van der Waals surface area contributed by atoms with Gasteiger partial charge in [-0.3, -0.25) is 14.4 Å². The molecule has 5 fully saturated rings. The molecule has 0 spiro atoms. The molecular formula is C54H78O25. The van der Waals surface area contributed by atoms with E-state index in [4.69, 9.17) is 61.6 Å². The lowest BCUT2D eigenvalue weighted by Crippen LogP contribution is -2.58. The molecule has 25 unspecified atom stereocenters. The monoisotopic (exact) mass is 1130 g/mol. The highest BCUT2D eigenvalue weighted by Crippen LogP contribution is 2.46. The van der Waals surface area contributed by atoms with E-state index in [2.05, 4.69) is 0 Å². The summed E-state index contributed by atoms with van der Waals surface area (Å²) in [5.41, 5.74) is -1.63. The van der Waals surface area contributed by atoms with Crippen LogP contribution < -0.4 is 4.74 Å². The minimum Gasteiger partial charge on any atom is -0.507 e. The van der Waals surface area contributed by atoms with Gasteiger partial charge in [-0.05, 0) is 77.0 Å². The SMILES string of the molecule is COC(C(=O)C(O)C(C)O)C1Cc2cc3cc(OC4CC(C)C(OC5CC(O)C(OC)C(C)O5)C(OC(C)=O)O4)cc(O)c3c(O)c2C(=O)C1OC1CC(OC2CC(OC3CC(C)(O)C(O)C(C)O3)C(O)C(C)O2)C(O)C(C)O1. The Kier molecular flexibility index (Phi) is 19.4. The van der Waals surface area contributed by atoms with E-state index in [0.717, 1.165) is 0 Å². The second-order valence-corrected chi connectivity index (χ2v) is 22.2. The van der Waals surface area contributed by atoms with Crippen LogP contribution in [0.15, 0.2) is 18.2 Å². The number of aliphatic hydroxyl groups is 7. The molecule has 25 heteroatoms. The number of carbonyl (C=O) groups is 3. The second-order valence-electron chi connectivity index (χ2n) is 22.2. The third-order valence-corrected chi connectivity index (χ3v) is 16.0. The number of phenolic OH excluding ortho intramolecular Hbond substituents is 2. The van der Waals surface area contributed by atoms with Gasteiger partial charge < -0.3 is 108 Å². The smallest absolute Gasteiger partial charge is 0.305 e. The van der Waals surface area contributed by atoms with E-state index < -0.39 is 176 Å². The van der Waals surface area contributed by atoms with E-state index in [1.54, 1.807) is 20.8 Å². The number of methoxy groups -OCH3 is 2. The molecule has 2 aromatic rings. The van der Waals surface area contributed by atoms with Crippen LogP contribution in [0.25, 0.3) is 10.8 Å². The molecular weight excluding hydrogens is 1050 g/mol. The number of rotatable bonds is 17. The summed E-state index contributed by atoms with van der Waals surface area (Å²) in [6.07, 6.45) is -24.9. The van der Waals surface area contributed by atoms with Crippen molar-refractivity contribution < 1.29 is 122 Å². The fraction of sp³-hybridized carbons (Fsp3) is 0.759. The number of hydrogen-bond donors (Lipinski definition) is 9. The predicted molar refractivity (Wildman–Crippen MR) is 268 cm³/mol. The van der Waals surface area contributed by atoms with Crippen LogP contribution in [0.3, 0.4) is 0 Å². The molecule has 0 saturated carbocycles. The number of aliphatic hydroxyl groups excluding tert-OH is 6. The molecule has 25 nitrogen and oxygen atoms in total. The number of hydrogen-bond acceptors (Lipinski definition) is 25. The Morgan fingerprint density at radius 2 is 1.33 bits per heavy atom. The summed E-state index contributed by atoms with van der Waals surface area (Å²) < 4.78 is 77.9. The Morgan fingerprint density at radius 3 is 1.91 bits per heavy atom. The van der Waals surface area contributed by atoms with Crippen LogP contribution in [-0.2, 0) is 72.9 Å². The van der Waals surface area contributed by atoms with Crippen LogP contribution >= 0.6 is 0 Å². The molecule has 5 saturated heterocycles. The largest absolute Gasteiger partial charge is 0.507 e. The van der Waals surface area contributed by atoms with Crippen molar-refractivity contribution >= 4 is 28.3 Å². The molecule has 8 rings (SSSR count). The maximum absolute atomic E-state index is 15.0.